The summed E-state index contributed by atoms with van der Waals surface area (Å²) in [6.45, 7) is 2.18. The monoisotopic (exact) mass is 178 g/mol. The van der Waals surface area contributed by atoms with Gasteiger partial charge in [-0.05, 0) is 32.1 Å². The second-order valence-electron chi connectivity index (χ2n) is 3.21. The topological polar surface area (TPSA) is 15.3 Å². The smallest absolute Gasteiger partial charge is 0.0363 e. The third-order valence-corrected chi connectivity index (χ3v) is 2.12. The molecule has 0 atom stereocenters. The van der Waals surface area contributed by atoms with Crippen LogP contribution in [0.1, 0.15) is 6.42 Å². The summed E-state index contributed by atoms with van der Waals surface area (Å²) in [7, 11) is 4.12. The van der Waals surface area contributed by atoms with Gasteiger partial charge in [0.05, 0.1) is 0 Å². The van der Waals surface area contributed by atoms with E-state index < -0.39 is 0 Å². The summed E-state index contributed by atoms with van der Waals surface area (Å²) < 4.78 is 0. The molecule has 2 nitrogen and oxygen atoms in total. The van der Waals surface area contributed by atoms with Crippen molar-refractivity contribution in [3.8, 4) is 0 Å². The van der Waals surface area contributed by atoms with Crippen molar-refractivity contribution in [2.75, 3.05) is 32.1 Å². The van der Waals surface area contributed by atoms with Crippen LogP contribution >= 0.6 is 0 Å². The van der Waals surface area contributed by atoms with Gasteiger partial charge in [0.2, 0.25) is 0 Å². The minimum absolute atomic E-state index is 1.08. The molecular formula is C11H18N2. The van der Waals surface area contributed by atoms with E-state index in [0.717, 1.165) is 13.1 Å². The SMILES string of the molecule is CNCCCN(C)c1ccccc1. The summed E-state index contributed by atoms with van der Waals surface area (Å²) in [4.78, 5) is 2.28. The molecule has 0 aromatic heterocycles. The first-order valence-corrected chi connectivity index (χ1v) is 4.75. The van der Waals surface area contributed by atoms with E-state index in [4.69, 9.17) is 0 Å². The Morgan fingerprint density at radius 1 is 1.23 bits per heavy atom. The molecule has 2 heteroatoms. The Kier molecular flexibility index (Phi) is 4.33. The molecule has 1 rings (SSSR count). The normalized spacial score (nSPS) is 10.0. The van der Waals surface area contributed by atoms with E-state index in [-0.39, 0.29) is 0 Å². The average molecular weight is 178 g/mol. The lowest BCUT2D eigenvalue weighted by Crippen LogP contribution is -2.21. The zero-order chi connectivity index (χ0) is 9.52. The van der Waals surface area contributed by atoms with E-state index in [1.165, 1.54) is 12.1 Å². The van der Waals surface area contributed by atoms with Crippen molar-refractivity contribution >= 4 is 5.69 Å². The fraction of sp³-hybridized carbons (Fsp3) is 0.455. The lowest BCUT2D eigenvalue weighted by atomic mass is 10.3. The zero-order valence-electron chi connectivity index (χ0n) is 8.46. The second kappa shape index (κ2) is 5.60. The van der Waals surface area contributed by atoms with Gasteiger partial charge in [-0.2, -0.15) is 0 Å². The van der Waals surface area contributed by atoms with Gasteiger partial charge in [-0.15, -0.1) is 0 Å². The minimum atomic E-state index is 1.08. The van der Waals surface area contributed by atoms with Crippen LogP contribution in [0.5, 0.6) is 0 Å². The first-order valence-electron chi connectivity index (χ1n) is 4.75. The van der Waals surface area contributed by atoms with Gasteiger partial charge in [0.1, 0.15) is 0 Å². The second-order valence-corrected chi connectivity index (χ2v) is 3.21. The van der Waals surface area contributed by atoms with Crippen LogP contribution in [-0.2, 0) is 0 Å². The molecule has 1 N–H and O–H groups in total. The molecule has 0 spiro atoms. The molecule has 0 bridgehead atoms. The van der Waals surface area contributed by atoms with Gasteiger partial charge < -0.3 is 10.2 Å². The minimum Gasteiger partial charge on any atom is -0.375 e. The largest absolute Gasteiger partial charge is 0.375 e. The van der Waals surface area contributed by atoms with Gasteiger partial charge in [-0.25, -0.2) is 0 Å². The van der Waals surface area contributed by atoms with Crippen LogP contribution in [0.25, 0.3) is 0 Å². The molecule has 1 aromatic rings. The van der Waals surface area contributed by atoms with Crippen molar-refractivity contribution in [2.45, 2.75) is 6.42 Å². The predicted molar refractivity (Wildman–Crippen MR) is 58.3 cm³/mol. The standard InChI is InChI=1S/C11H18N2/c1-12-9-6-10-13(2)11-7-4-3-5-8-11/h3-5,7-8,12H,6,9-10H2,1-2H3. The number of rotatable bonds is 5. The summed E-state index contributed by atoms with van der Waals surface area (Å²) >= 11 is 0. The molecule has 1 aromatic carbocycles. The molecule has 72 valence electrons. The Hall–Kier alpha value is -1.02. The zero-order valence-corrected chi connectivity index (χ0v) is 8.46. The van der Waals surface area contributed by atoms with Gasteiger partial charge in [-0.3, -0.25) is 0 Å². The van der Waals surface area contributed by atoms with Gasteiger partial charge >= 0.3 is 0 Å². The van der Waals surface area contributed by atoms with Crippen LogP contribution in [0.2, 0.25) is 0 Å². The number of benzene rings is 1. The highest BCUT2D eigenvalue weighted by Gasteiger charge is 1.97. The maximum Gasteiger partial charge on any atom is 0.0363 e. The highest BCUT2D eigenvalue weighted by molar-refractivity contribution is 5.44. The number of nitrogens with zero attached hydrogens (tertiary/aromatic N) is 1. The lowest BCUT2D eigenvalue weighted by Gasteiger charge is -2.18. The van der Waals surface area contributed by atoms with Gasteiger partial charge in [0.15, 0.2) is 0 Å². The fourth-order valence-electron chi connectivity index (χ4n) is 1.30. The lowest BCUT2D eigenvalue weighted by molar-refractivity contribution is 0.713. The summed E-state index contributed by atoms with van der Waals surface area (Å²) in [6, 6.07) is 10.5. The highest BCUT2D eigenvalue weighted by Crippen LogP contribution is 2.10. The number of hydrogen-bond donors (Lipinski definition) is 1. The first kappa shape index (κ1) is 10.1. The van der Waals surface area contributed by atoms with Crippen LogP contribution < -0.4 is 10.2 Å². The van der Waals surface area contributed by atoms with Crippen molar-refractivity contribution in [1.82, 2.24) is 5.32 Å². The van der Waals surface area contributed by atoms with Crippen LogP contribution in [0, 0.1) is 0 Å². The molecule has 0 fully saturated rings. The first-order chi connectivity index (χ1) is 6.34. The Morgan fingerprint density at radius 3 is 2.54 bits per heavy atom. The quantitative estimate of drug-likeness (QED) is 0.691. The number of hydrogen-bond acceptors (Lipinski definition) is 2. The predicted octanol–water partition coefficient (Wildman–Crippen LogP) is 1.73. The number of nitrogens with one attached hydrogen (secondary N) is 1. The van der Waals surface area contributed by atoms with Crippen molar-refractivity contribution < 1.29 is 0 Å². The van der Waals surface area contributed by atoms with Crippen molar-refractivity contribution in [2.24, 2.45) is 0 Å². The molecule has 0 heterocycles. The number of para-hydroxylation sites is 1. The van der Waals surface area contributed by atoms with Crippen LogP contribution in [0.4, 0.5) is 5.69 Å². The maximum absolute atomic E-state index is 3.15. The molecule has 0 aliphatic heterocycles. The molecule has 0 aliphatic rings. The van der Waals surface area contributed by atoms with Crippen LogP contribution in [0.3, 0.4) is 0 Å². The third-order valence-electron chi connectivity index (χ3n) is 2.12. The molecule has 0 aliphatic carbocycles. The van der Waals surface area contributed by atoms with Gasteiger partial charge in [0.25, 0.3) is 0 Å². The van der Waals surface area contributed by atoms with Gasteiger partial charge in [0, 0.05) is 19.3 Å². The van der Waals surface area contributed by atoms with Crippen molar-refractivity contribution in [3.05, 3.63) is 30.3 Å². The Balaban J connectivity index is 2.35. The van der Waals surface area contributed by atoms with E-state index >= 15 is 0 Å². The number of anilines is 1. The third kappa shape index (κ3) is 3.47. The molecule has 0 saturated carbocycles. The van der Waals surface area contributed by atoms with E-state index in [2.05, 4.69) is 41.5 Å². The van der Waals surface area contributed by atoms with Crippen LogP contribution in [0.15, 0.2) is 30.3 Å². The Labute approximate surface area is 80.6 Å². The van der Waals surface area contributed by atoms with E-state index in [1.807, 2.05) is 13.1 Å². The molecular weight excluding hydrogens is 160 g/mol. The fourth-order valence-corrected chi connectivity index (χ4v) is 1.30. The van der Waals surface area contributed by atoms with E-state index in [9.17, 15) is 0 Å². The van der Waals surface area contributed by atoms with Crippen molar-refractivity contribution in [3.63, 3.8) is 0 Å². The average Bonchev–Trinajstić information content (AvgIpc) is 2.19. The summed E-state index contributed by atoms with van der Waals surface area (Å²) in [5.74, 6) is 0. The molecule has 13 heavy (non-hydrogen) atoms. The molecule has 0 radical (unpaired) electrons. The highest BCUT2D eigenvalue weighted by atomic mass is 15.1. The Bertz CT molecular complexity index is 221. The maximum atomic E-state index is 3.15. The van der Waals surface area contributed by atoms with E-state index in [0.29, 0.717) is 0 Å². The van der Waals surface area contributed by atoms with Gasteiger partial charge in [-0.1, -0.05) is 18.2 Å². The summed E-state index contributed by atoms with van der Waals surface area (Å²) in [6.07, 6.45) is 1.18. The summed E-state index contributed by atoms with van der Waals surface area (Å²) in [5.41, 5.74) is 1.29. The Morgan fingerprint density at radius 2 is 1.92 bits per heavy atom. The van der Waals surface area contributed by atoms with Crippen LogP contribution in [-0.4, -0.2) is 27.2 Å². The molecule has 0 amide bonds. The van der Waals surface area contributed by atoms with E-state index in [1.54, 1.807) is 0 Å². The van der Waals surface area contributed by atoms with Crippen molar-refractivity contribution in [1.29, 1.82) is 0 Å². The molecule has 0 unspecified atom stereocenters. The summed E-state index contributed by atoms with van der Waals surface area (Å²) in [5, 5.41) is 3.15. The molecule has 0 saturated heterocycles.